The summed E-state index contributed by atoms with van der Waals surface area (Å²) in [6.45, 7) is 14.1. The lowest BCUT2D eigenvalue weighted by Crippen LogP contribution is -2.28. The van der Waals surface area contributed by atoms with Gasteiger partial charge in [-0.05, 0) is 55.6 Å². The van der Waals surface area contributed by atoms with Crippen molar-refractivity contribution in [3.8, 4) is 0 Å². The Hall–Kier alpha value is -2.94. The van der Waals surface area contributed by atoms with Crippen LogP contribution in [0.25, 0.3) is 4.85 Å². The SMILES string of the molecule is [C-]#[N+]c1ccc2c(c1)N(CCCNCc1ccccc1)c1c(ccc(C)c1C)S2=O. The van der Waals surface area contributed by atoms with Crippen LogP contribution in [-0.4, -0.2) is 17.3 Å². The van der Waals surface area contributed by atoms with Gasteiger partial charge in [0.2, 0.25) is 0 Å². The first-order valence-corrected chi connectivity index (χ1v) is 11.3. The molecular formula is C25H25N3OS. The lowest BCUT2D eigenvalue weighted by molar-refractivity contribution is 0.646. The fraction of sp³-hybridized carbons (Fsp3) is 0.240. The summed E-state index contributed by atoms with van der Waals surface area (Å²) < 4.78 is 13.2. The Morgan fingerprint density at radius 2 is 1.80 bits per heavy atom. The Morgan fingerprint density at radius 1 is 1.03 bits per heavy atom. The molecule has 4 nitrogen and oxygen atoms in total. The van der Waals surface area contributed by atoms with E-state index >= 15 is 0 Å². The van der Waals surface area contributed by atoms with E-state index in [0.717, 1.165) is 52.8 Å². The van der Waals surface area contributed by atoms with Crippen molar-refractivity contribution in [2.45, 2.75) is 36.6 Å². The van der Waals surface area contributed by atoms with E-state index in [2.05, 4.69) is 53.2 Å². The molecule has 30 heavy (non-hydrogen) atoms. The number of anilines is 2. The third kappa shape index (κ3) is 3.89. The quantitative estimate of drug-likeness (QED) is 0.417. The molecule has 1 unspecified atom stereocenters. The molecule has 0 saturated carbocycles. The fourth-order valence-electron chi connectivity index (χ4n) is 3.87. The zero-order valence-electron chi connectivity index (χ0n) is 17.3. The van der Waals surface area contributed by atoms with Crippen LogP contribution >= 0.6 is 0 Å². The first-order valence-electron chi connectivity index (χ1n) is 10.2. The van der Waals surface area contributed by atoms with Gasteiger partial charge in [0, 0.05) is 18.8 Å². The number of rotatable bonds is 6. The van der Waals surface area contributed by atoms with Gasteiger partial charge in [0.05, 0.1) is 32.9 Å². The predicted octanol–water partition coefficient (Wildman–Crippen LogP) is 5.65. The Labute approximate surface area is 180 Å². The van der Waals surface area contributed by atoms with E-state index in [1.54, 1.807) is 6.07 Å². The Morgan fingerprint density at radius 3 is 2.57 bits per heavy atom. The lowest BCUT2D eigenvalue weighted by Gasteiger charge is -2.35. The maximum Gasteiger partial charge on any atom is 0.189 e. The van der Waals surface area contributed by atoms with E-state index in [9.17, 15) is 4.21 Å². The van der Waals surface area contributed by atoms with Crippen molar-refractivity contribution in [3.05, 3.63) is 88.8 Å². The normalized spacial score (nSPS) is 14.7. The van der Waals surface area contributed by atoms with Crippen molar-refractivity contribution in [2.75, 3.05) is 18.0 Å². The molecule has 1 aliphatic rings. The molecule has 1 aliphatic heterocycles. The van der Waals surface area contributed by atoms with Gasteiger partial charge in [-0.1, -0.05) is 48.5 Å². The van der Waals surface area contributed by atoms with Gasteiger partial charge in [-0.3, -0.25) is 0 Å². The summed E-state index contributed by atoms with van der Waals surface area (Å²) in [7, 11) is -1.23. The summed E-state index contributed by atoms with van der Waals surface area (Å²) in [5.74, 6) is 0. The highest BCUT2D eigenvalue weighted by Gasteiger charge is 2.29. The molecule has 152 valence electrons. The van der Waals surface area contributed by atoms with Gasteiger partial charge in [-0.25, -0.2) is 9.05 Å². The van der Waals surface area contributed by atoms with E-state index in [1.165, 1.54) is 11.1 Å². The van der Waals surface area contributed by atoms with Gasteiger partial charge >= 0.3 is 0 Å². The van der Waals surface area contributed by atoms with E-state index < -0.39 is 10.8 Å². The van der Waals surface area contributed by atoms with Crippen molar-refractivity contribution in [3.63, 3.8) is 0 Å². The zero-order valence-corrected chi connectivity index (χ0v) is 18.1. The summed E-state index contributed by atoms with van der Waals surface area (Å²) in [5.41, 5.74) is 6.11. The average Bonchev–Trinajstić information content (AvgIpc) is 2.78. The van der Waals surface area contributed by atoms with Crippen LogP contribution in [0.2, 0.25) is 0 Å². The molecule has 0 amide bonds. The number of hydrogen-bond acceptors (Lipinski definition) is 3. The smallest absolute Gasteiger partial charge is 0.189 e. The van der Waals surface area contributed by atoms with Gasteiger partial charge in [-0.15, -0.1) is 0 Å². The van der Waals surface area contributed by atoms with Crippen molar-refractivity contribution in [2.24, 2.45) is 0 Å². The van der Waals surface area contributed by atoms with E-state index in [4.69, 9.17) is 6.57 Å². The van der Waals surface area contributed by atoms with Crippen LogP contribution in [0.5, 0.6) is 0 Å². The zero-order chi connectivity index (χ0) is 21.1. The summed E-state index contributed by atoms with van der Waals surface area (Å²) in [4.78, 5) is 7.49. The summed E-state index contributed by atoms with van der Waals surface area (Å²) >= 11 is 0. The Bertz CT molecular complexity index is 1140. The number of nitrogens with zero attached hydrogens (tertiary/aromatic N) is 2. The minimum Gasteiger partial charge on any atom is -0.340 e. The van der Waals surface area contributed by atoms with Crippen molar-refractivity contribution < 1.29 is 4.21 Å². The van der Waals surface area contributed by atoms with Crippen LogP contribution in [0, 0.1) is 20.4 Å². The molecule has 4 rings (SSSR count). The minimum absolute atomic E-state index is 0.576. The number of hydrogen-bond donors (Lipinski definition) is 1. The van der Waals surface area contributed by atoms with E-state index in [0.29, 0.717) is 5.69 Å². The van der Waals surface area contributed by atoms with Crippen molar-refractivity contribution in [1.29, 1.82) is 0 Å². The van der Waals surface area contributed by atoms with Crippen LogP contribution in [0.1, 0.15) is 23.1 Å². The van der Waals surface area contributed by atoms with Crippen LogP contribution in [-0.2, 0) is 17.3 Å². The van der Waals surface area contributed by atoms with Crippen LogP contribution in [0.15, 0.2) is 70.5 Å². The maximum absolute atomic E-state index is 13.2. The molecule has 5 heteroatoms. The largest absolute Gasteiger partial charge is 0.340 e. The van der Waals surface area contributed by atoms with Crippen molar-refractivity contribution >= 4 is 27.9 Å². The minimum atomic E-state index is -1.23. The molecule has 0 fully saturated rings. The fourth-order valence-corrected chi connectivity index (χ4v) is 5.28. The predicted molar refractivity (Wildman–Crippen MR) is 123 cm³/mol. The molecule has 0 spiro atoms. The first kappa shape index (κ1) is 20.3. The molecule has 1 N–H and O–H groups in total. The second-order valence-corrected chi connectivity index (χ2v) is 8.97. The second kappa shape index (κ2) is 8.83. The maximum atomic E-state index is 13.2. The highest BCUT2D eigenvalue weighted by molar-refractivity contribution is 7.85. The average molecular weight is 416 g/mol. The second-order valence-electron chi connectivity index (χ2n) is 7.55. The topological polar surface area (TPSA) is 36.7 Å². The number of benzene rings is 3. The Balaban J connectivity index is 1.58. The highest BCUT2D eigenvalue weighted by Crippen LogP contribution is 2.45. The standard InChI is InChI=1S/C25H25N3OS/c1-18-10-12-24-25(19(18)2)28(15-7-14-27-17-20-8-5-4-6-9-20)22-16-21(26-3)11-13-23(22)30(24)29/h4-6,8-13,16,27H,7,14-15,17H2,1-2H3. The summed E-state index contributed by atoms with van der Waals surface area (Å²) in [6.07, 6.45) is 0.938. The third-order valence-electron chi connectivity index (χ3n) is 5.60. The van der Waals surface area contributed by atoms with E-state index in [1.807, 2.05) is 30.3 Å². The number of aryl methyl sites for hydroxylation is 1. The van der Waals surface area contributed by atoms with E-state index in [-0.39, 0.29) is 0 Å². The highest BCUT2D eigenvalue weighted by atomic mass is 32.2. The molecule has 3 aromatic carbocycles. The lowest BCUT2D eigenvalue weighted by atomic mass is 10.1. The van der Waals surface area contributed by atoms with Gasteiger partial charge < -0.3 is 10.2 Å². The van der Waals surface area contributed by atoms with Crippen LogP contribution in [0.3, 0.4) is 0 Å². The van der Waals surface area contributed by atoms with Crippen molar-refractivity contribution in [1.82, 2.24) is 5.32 Å². The van der Waals surface area contributed by atoms with Crippen LogP contribution < -0.4 is 10.2 Å². The summed E-state index contributed by atoms with van der Waals surface area (Å²) in [5, 5.41) is 3.51. The molecule has 0 aliphatic carbocycles. The molecule has 0 radical (unpaired) electrons. The monoisotopic (exact) mass is 415 g/mol. The number of fused-ring (bicyclic) bond motifs is 2. The molecule has 0 aromatic heterocycles. The molecule has 0 saturated heterocycles. The first-order chi connectivity index (χ1) is 14.6. The molecule has 1 heterocycles. The Kier molecular flexibility index (Phi) is 5.98. The van der Waals surface area contributed by atoms with Gasteiger partial charge in [-0.2, -0.15) is 0 Å². The molecule has 0 bridgehead atoms. The van der Waals surface area contributed by atoms with Gasteiger partial charge in [0.25, 0.3) is 0 Å². The van der Waals surface area contributed by atoms with Crippen LogP contribution in [0.4, 0.5) is 17.1 Å². The third-order valence-corrected chi connectivity index (χ3v) is 7.08. The molecule has 1 atom stereocenters. The molecule has 3 aromatic rings. The number of nitrogens with one attached hydrogen (secondary N) is 1. The molecular weight excluding hydrogens is 390 g/mol. The van der Waals surface area contributed by atoms with Gasteiger partial charge in [0.1, 0.15) is 0 Å². The van der Waals surface area contributed by atoms with Gasteiger partial charge in [0.15, 0.2) is 5.69 Å². The summed E-state index contributed by atoms with van der Waals surface area (Å²) in [6, 6.07) is 19.9.